The molecule has 2 aromatic heterocycles. The Balaban J connectivity index is 1.29. The molecule has 9 aromatic rings. The molecule has 0 atom stereocenters. The highest BCUT2D eigenvalue weighted by atomic mass is 15.0. The minimum absolute atomic E-state index is 0.868. The van der Waals surface area contributed by atoms with Gasteiger partial charge in [0.05, 0.1) is 34.0 Å². The van der Waals surface area contributed by atoms with E-state index < -0.39 is 0 Å². The number of nitrogens with zero attached hydrogens (tertiary/aromatic N) is 3. The molecule has 0 radical (unpaired) electrons. The van der Waals surface area contributed by atoms with Crippen molar-refractivity contribution in [2.24, 2.45) is 0 Å². The summed E-state index contributed by atoms with van der Waals surface area (Å²) in [6.45, 7) is 2.16. The van der Waals surface area contributed by atoms with Crippen molar-refractivity contribution in [3.8, 4) is 28.1 Å². The lowest BCUT2D eigenvalue weighted by molar-refractivity contribution is 1.18. The van der Waals surface area contributed by atoms with E-state index in [4.69, 9.17) is 9.97 Å². The highest BCUT2D eigenvalue weighted by Gasteiger charge is 2.17. The average Bonchev–Trinajstić information content (AvgIpc) is 3.41. The highest BCUT2D eigenvalue weighted by Crippen LogP contribution is 2.39. The smallest absolute Gasteiger partial charge is 0.0979 e. The molecule has 0 bridgehead atoms. The van der Waals surface area contributed by atoms with E-state index in [0.717, 1.165) is 49.9 Å². The maximum atomic E-state index is 5.31. The van der Waals surface area contributed by atoms with Crippen LogP contribution in [-0.4, -0.2) is 14.5 Å². The molecule has 206 valence electrons. The lowest BCUT2D eigenvalue weighted by Gasteiger charge is -2.13. The van der Waals surface area contributed by atoms with Gasteiger partial charge in [0.25, 0.3) is 0 Å². The first-order chi connectivity index (χ1) is 21.7. The van der Waals surface area contributed by atoms with E-state index in [1.807, 2.05) is 6.20 Å². The number of aryl methyl sites for hydroxylation is 1. The zero-order valence-corrected chi connectivity index (χ0v) is 24.2. The van der Waals surface area contributed by atoms with Crippen LogP contribution in [-0.2, 0) is 0 Å². The van der Waals surface area contributed by atoms with E-state index in [1.54, 1.807) is 0 Å². The van der Waals surface area contributed by atoms with E-state index in [2.05, 4.69) is 151 Å². The van der Waals surface area contributed by atoms with Gasteiger partial charge in [-0.25, -0.2) is 4.98 Å². The fourth-order valence-corrected chi connectivity index (χ4v) is 6.87. The Morgan fingerprint density at radius 3 is 1.91 bits per heavy atom. The summed E-state index contributed by atoms with van der Waals surface area (Å²) < 4.78 is 2.38. The van der Waals surface area contributed by atoms with Crippen molar-refractivity contribution >= 4 is 54.4 Å². The second kappa shape index (κ2) is 9.62. The zero-order valence-electron chi connectivity index (χ0n) is 24.2. The fraction of sp³-hybridized carbons (Fsp3) is 0.0244. The average molecular weight is 562 g/mol. The predicted molar refractivity (Wildman–Crippen MR) is 184 cm³/mol. The summed E-state index contributed by atoms with van der Waals surface area (Å²) >= 11 is 0. The van der Waals surface area contributed by atoms with Gasteiger partial charge in [-0.05, 0) is 59.2 Å². The van der Waals surface area contributed by atoms with Crippen molar-refractivity contribution in [2.45, 2.75) is 6.92 Å². The van der Waals surface area contributed by atoms with Crippen LogP contribution in [0.15, 0.2) is 146 Å². The van der Waals surface area contributed by atoms with Crippen molar-refractivity contribution in [3.05, 3.63) is 151 Å². The Kier molecular flexibility index (Phi) is 5.41. The topological polar surface area (TPSA) is 30.7 Å². The van der Waals surface area contributed by atoms with E-state index in [1.165, 1.54) is 38.1 Å². The number of aromatic nitrogens is 3. The lowest BCUT2D eigenvalue weighted by atomic mass is 9.96. The molecule has 0 aliphatic rings. The predicted octanol–water partition coefficient (Wildman–Crippen LogP) is 10.7. The number of fused-ring (bicyclic) bond motifs is 9. The van der Waals surface area contributed by atoms with Crippen LogP contribution in [0.25, 0.3) is 82.5 Å². The molecular formula is C41H27N3. The fourth-order valence-electron chi connectivity index (χ4n) is 6.87. The van der Waals surface area contributed by atoms with Crippen molar-refractivity contribution in [1.82, 2.24) is 14.5 Å². The molecule has 0 unspecified atom stereocenters. The Morgan fingerprint density at radius 1 is 0.477 bits per heavy atom. The van der Waals surface area contributed by atoms with Gasteiger partial charge in [0.1, 0.15) is 0 Å². The number of hydrogen-bond acceptors (Lipinski definition) is 2. The molecule has 3 nitrogen and oxygen atoms in total. The summed E-state index contributed by atoms with van der Waals surface area (Å²) in [5, 5.41) is 7.17. The van der Waals surface area contributed by atoms with Crippen LogP contribution < -0.4 is 0 Å². The van der Waals surface area contributed by atoms with Gasteiger partial charge in [0.15, 0.2) is 0 Å². The van der Waals surface area contributed by atoms with Gasteiger partial charge in [0, 0.05) is 32.8 Å². The quantitative estimate of drug-likeness (QED) is 0.201. The van der Waals surface area contributed by atoms with Crippen molar-refractivity contribution < 1.29 is 0 Å². The third-order valence-corrected chi connectivity index (χ3v) is 8.88. The summed E-state index contributed by atoms with van der Waals surface area (Å²) in [7, 11) is 0. The molecule has 0 aliphatic heterocycles. The molecule has 0 fully saturated rings. The molecule has 44 heavy (non-hydrogen) atoms. The summed E-state index contributed by atoms with van der Waals surface area (Å²) in [6, 6.07) is 49.8. The highest BCUT2D eigenvalue weighted by molar-refractivity contribution is 6.23. The zero-order chi connectivity index (χ0) is 29.2. The molecule has 0 aliphatic carbocycles. The number of rotatable bonds is 3. The minimum Gasteiger partial charge on any atom is -0.309 e. The first kappa shape index (κ1) is 24.8. The monoisotopic (exact) mass is 561 g/mol. The Hall–Kier alpha value is -5.80. The Labute approximate surface area is 254 Å². The van der Waals surface area contributed by atoms with Gasteiger partial charge in [0.2, 0.25) is 0 Å². The van der Waals surface area contributed by atoms with Crippen LogP contribution >= 0.6 is 0 Å². The first-order valence-electron chi connectivity index (χ1n) is 15.0. The van der Waals surface area contributed by atoms with Crippen LogP contribution in [0.1, 0.15) is 5.56 Å². The van der Waals surface area contributed by atoms with E-state index >= 15 is 0 Å². The summed E-state index contributed by atoms with van der Waals surface area (Å²) in [5.74, 6) is 0. The Bertz CT molecular complexity index is 2520. The second-order valence-corrected chi connectivity index (χ2v) is 11.5. The number of benzene rings is 7. The van der Waals surface area contributed by atoms with E-state index in [-0.39, 0.29) is 0 Å². The molecule has 2 heterocycles. The number of hydrogen-bond donors (Lipinski definition) is 0. The molecule has 0 spiro atoms. The summed E-state index contributed by atoms with van der Waals surface area (Å²) in [6.07, 6.45) is 1.94. The molecule has 0 N–H and O–H groups in total. The second-order valence-electron chi connectivity index (χ2n) is 11.5. The minimum atomic E-state index is 0.868. The first-order valence-corrected chi connectivity index (χ1v) is 15.0. The third kappa shape index (κ3) is 3.69. The maximum absolute atomic E-state index is 5.31. The van der Waals surface area contributed by atoms with Crippen LogP contribution in [0, 0.1) is 6.92 Å². The molecular weight excluding hydrogens is 534 g/mol. The van der Waals surface area contributed by atoms with Gasteiger partial charge in [-0.15, -0.1) is 0 Å². The van der Waals surface area contributed by atoms with Gasteiger partial charge < -0.3 is 4.57 Å². The van der Waals surface area contributed by atoms with Crippen LogP contribution in [0.4, 0.5) is 0 Å². The molecule has 0 saturated carbocycles. The molecule has 0 amide bonds. The molecule has 0 saturated heterocycles. The van der Waals surface area contributed by atoms with Crippen molar-refractivity contribution in [2.75, 3.05) is 0 Å². The SMILES string of the molecule is Cc1ccc2c(c1)c1ccc(-c3ccccc3-c3cnc4c5ccccc5c5ccccc5c4n3)cc1n2-c1ccccc1. The van der Waals surface area contributed by atoms with Gasteiger partial charge in [-0.3, -0.25) is 4.98 Å². The normalized spacial score (nSPS) is 11.8. The van der Waals surface area contributed by atoms with Crippen LogP contribution in [0.3, 0.4) is 0 Å². The molecule has 9 rings (SSSR count). The standard InChI is InChI=1S/C41H27N3/c1-26-19-22-38-36(23-26)33-21-20-27(24-39(33)44(38)28-11-3-2-4-12-28)29-13-5-8-16-32(29)37-25-42-40-34-17-9-6-14-30(34)31-15-7-10-18-35(31)41(40)43-37/h2-25H,1H3. The summed E-state index contributed by atoms with van der Waals surface area (Å²) in [4.78, 5) is 10.4. The van der Waals surface area contributed by atoms with Crippen molar-refractivity contribution in [1.29, 1.82) is 0 Å². The van der Waals surface area contributed by atoms with E-state index in [9.17, 15) is 0 Å². The number of para-hydroxylation sites is 1. The molecule has 3 heteroatoms. The Morgan fingerprint density at radius 2 is 1.14 bits per heavy atom. The lowest BCUT2D eigenvalue weighted by Crippen LogP contribution is -1.95. The largest absolute Gasteiger partial charge is 0.309 e. The van der Waals surface area contributed by atoms with Gasteiger partial charge in [-0.2, -0.15) is 0 Å². The third-order valence-electron chi connectivity index (χ3n) is 8.88. The molecule has 7 aromatic carbocycles. The van der Waals surface area contributed by atoms with E-state index in [0.29, 0.717) is 0 Å². The maximum Gasteiger partial charge on any atom is 0.0979 e. The van der Waals surface area contributed by atoms with Crippen LogP contribution in [0.2, 0.25) is 0 Å². The summed E-state index contributed by atoms with van der Waals surface area (Å²) in [5.41, 5.74) is 10.9. The van der Waals surface area contributed by atoms with Crippen molar-refractivity contribution in [3.63, 3.8) is 0 Å². The van der Waals surface area contributed by atoms with Crippen LogP contribution in [0.5, 0.6) is 0 Å². The van der Waals surface area contributed by atoms with Gasteiger partial charge in [-0.1, -0.05) is 115 Å². The van der Waals surface area contributed by atoms with Gasteiger partial charge >= 0.3 is 0 Å².